The van der Waals surface area contributed by atoms with Crippen LogP contribution < -0.4 is 0 Å². The van der Waals surface area contributed by atoms with Gasteiger partial charge in [-0.05, 0) is 51.6 Å². The van der Waals surface area contributed by atoms with E-state index >= 15 is 0 Å². The van der Waals surface area contributed by atoms with E-state index in [1.165, 1.54) is 25.0 Å². The molecule has 22 heavy (non-hydrogen) atoms. The van der Waals surface area contributed by atoms with E-state index in [1.54, 1.807) is 0 Å². The monoisotopic (exact) mass is 308 g/mol. The molecule has 2 heterocycles. The summed E-state index contributed by atoms with van der Waals surface area (Å²) in [6, 6.07) is 0. The van der Waals surface area contributed by atoms with Crippen LogP contribution in [0.25, 0.3) is 0 Å². The number of fused-ring (bicyclic) bond motifs is 1. The highest BCUT2D eigenvalue weighted by Gasteiger charge is 2.62. The van der Waals surface area contributed by atoms with Gasteiger partial charge >= 0.3 is 0 Å². The highest BCUT2D eigenvalue weighted by Crippen LogP contribution is 2.59. The summed E-state index contributed by atoms with van der Waals surface area (Å²) in [6.45, 7) is 8.23. The van der Waals surface area contributed by atoms with Crippen LogP contribution >= 0.6 is 0 Å². The molecule has 4 heteroatoms. The van der Waals surface area contributed by atoms with Crippen LogP contribution in [0.15, 0.2) is 12.2 Å². The van der Waals surface area contributed by atoms with Crippen LogP contribution in [-0.4, -0.2) is 75.5 Å². The maximum Gasteiger partial charge on any atom is 0.0650 e. The Labute approximate surface area is 135 Å². The molecule has 3 aliphatic rings. The first-order valence-corrected chi connectivity index (χ1v) is 8.54. The zero-order chi connectivity index (χ0) is 16.0. The Morgan fingerprint density at radius 1 is 1.27 bits per heavy atom. The van der Waals surface area contributed by atoms with Crippen LogP contribution in [0.4, 0.5) is 0 Å². The summed E-state index contributed by atoms with van der Waals surface area (Å²) < 4.78 is 10.9. The van der Waals surface area contributed by atoms with E-state index in [-0.39, 0.29) is 5.54 Å². The van der Waals surface area contributed by atoms with Gasteiger partial charge < -0.3 is 14.4 Å². The normalized spacial score (nSPS) is 41.4. The Bertz CT molecular complexity index is 439. The fourth-order valence-corrected chi connectivity index (χ4v) is 5.34. The smallest absolute Gasteiger partial charge is 0.0650 e. The van der Waals surface area contributed by atoms with E-state index in [0.717, 1.165) is 44.4 Å². The summed E-state index contributed by atoms with van der Waals surface area (Å²) in [5.74, 6) is 1.60. The molecule has 4 atom stereocenters. The zero-order valence-electron chi connectivity index (χ0n) is 14.7. The quantitative estimate of drug-likeness (QED) is 0.672. The second kappa shape index (κ2) is 5.90. The number of rotatable bonds is 7. The Kier molecular flexibility index (Phi) is 4.41. The van der Waals surface area contributed by atoms with Crippen molar-refractivity contribution in [3.05, 3.63) is 12.2 Å². The van der Waals surface area contributed by atoms with Gasteiger partial charge in [-0.2, -0.15) is 0 Å². The van der Waals surface area contributed by atoms with Crippen LogP contribution in [0.5, 0.6) is 0 Å². The first-order valence-electron chi connectivity index (χ1n) is 8.54. The van der Waals surface area contributed by atoms with Crippen molar-refractivity contribution in [3.8, 4) is 0 Å². The van der Waals surface area contributed by atoms with Gasteiger partial charge in [-0.1, -0.05) is 12.2 Å². The van der Waals surface area contributed by atoms with Crippen LogP contribution in [-0.2, 0) is 9.47 Å². The van der Waals surface area contributed by atoms with Crippen molar-refractivity contribution >= 4 is 0 Å². The molecule has 2 saturated heterocycles. The van der Waals surface area contributed by atoms with Crippen molar-refractivity contribution in [2.24, 2.45) is 11.8 Å². The highest BCUT2D eigenvalue weighted by atomic mass is 16.5. The van der Waals surface area contributed by atoms with Gasteiger partial charge in [0, 0.05) is 45.0 Å². The average molecular weight is 308 g/mol. The fourth-order valence-electron chi connectivity index (χ4n) is 5.34. The van der Waals surface area contributed by atoms with Crippen molar-refractivity contribution < 1.29 is 9.47 Å². The molecule has 0 aromatic carbocycles. The van der Waals surface area contributed by atoms with Gasteiger partial charge in [0.05, 0.1) is 6.61 Å². The van der Waals surface area contributed by atoms with Gasteiger partial charge in [0.15, 0.2) is 0 Å². The molecule has 0 bridgehead atoms. The van der Waals surface area contributed by atoms with Crippen molar-refractivity contribution in [2.75, 3.05) is 54.6 Å². The van der Waals surface area contributed by atoms with Crippen LogP contribution in [0.3, 0.4) is 0 Å². The molecular weight excluding hydrogens is 276 g/mol. The molecule has 0 aromatic rings. The third kappa shape index (κ3) is 2.54. The topological polar surface area (TPSA) is 24.9 Å². The average Bonchev–Trinajstić information content (AvgIpc) is 2.99. The minimum absolute atomic E-state index is 0.235. The van der Waals surface area contributed by atoms with E-state index in [2.05, 4.69) is 30.5 Å². The molecule has 1 aliphatic carbocycles. The van der Waals surface area contributed by atoms with Gasteiger partial charge in [-0.15, -0.1) is 0 Å². The Morgan fingerprint density at radius 2 is 2.05 bits per heavy atom. The molecule has 3 fully saturated rings. The van der Waals surface area contributed by atoms with E-state index in [1.807, 2.05) is 14.2 Å². The Morgan fingerprint density at radius 3 is 2.68 bits per heavy atom. The Balaban J connectivity index is 1.69. The summed E-state index contributed by atoms with van der Waals surface area (Å²) in [6.07, 6.45) is 4.87. The van der Waals surface area contributed by atoms with Gasteiger partial charge in [-0.3, -0.25) is 4.90 Å². The van der Waals surface area contributed by atoms with Gasteiger partial charge in [0.2, 0.25) is 0 Å². The van der Waals surface area contributed by atoms with Gasteiger partial charge in [0.25, 0.3) is 0 Å². The number of methoxy groups -OCH3 is 2. The van der Waals surface area contributed by atoms with Crippen molar-refractivity contribution in [1.82, 2.24) is 9.80 Å². The van der Waals surface area contributed by atoms with Crippen molar-refractivity contribution in [1.29, 1.82) is 0 Å². The maximum atomic E-state index is 5.58. The first-order chi connectivity index (χ1) is 10.5. The van der Waals surface area contributed by atoms with Crippen LogP contribution in [0, 0.1) is 11.8 Å². The van der Waals surface area contributed by atoms with Gasteiger partial charge in [0.1, 0.15) is 0 Å². The number of ether oxygens (including phenoxy) is 2. The van der Waals surface area contributed by atoms with E-state index in [4.69, 9.17) is 9.47 Å². The predicted octanol–water partition coefficient (Wildman–Crippen LogP) is 2.01. The minimum Gasteiger partial charge on any atom is -0.385 e. The first kappa shape index (κ1) is 16.4. The van der Waals surface area contributed by atoms with E-state index in [0.29, 0.717) is 5.54 Å². The lowest BCUT2D eigenvalue weighted by molar-refractivity contribution is 0.0653. The molecule has 0 spiro atoms. The molecule has 126 valence electrons. The van der Waals surface area contributed by atoms with Gasteiger partial charge in [-0.25, -0.2) is 0 Å². The van der Waals surface area contributed by atoms with E-state index < -0.39 is 0 Å². The maximum absolute atomic E-state index is 5.58. The molecule has 0 radical (unpaired) electrons. The fraction of sp³-hybridized carbons (Fsp3) is 0.889. The van der Waals surface area contributed by atoms with E-state index in [9.17, 15) is 0 Å². The minimum atomic E-state index is 0.235. The lowest BCUT2D eigenvalue weighted by Gasteiger charge is -2.30. The molecule has 3 rings (SSSR count). The summed E-state index contributed by atoms with van der Waals surface area (Å²) in [4.78, 5) is 5.10. The summed E-state index contributed by atoms with van der Waals surface area (Å²) in [5.41, 5.74) is 1.98. The highest BCUT2D eigenvalue weighted by molar-refractivity contribution is 5.22. The van der Waals surface area contributed by atoms with Crippen LogP contribution in [0.1, 0.15) is 25.7 Å². The lowest BCUT2D eigenvalue weighted by atomic mass is 9.86. The zero-order valence-corrected chi connectivity index (χ0v) is 14.7. The largest absolute Gasteiger partial charge is 0.385 e. The Hall–Kier alpha value is -0.420. The molecule has 4 nitrogen and oxygen atoms in total. The summed E-state index contributed by atoms with van der Waals surface area (Å²) >= 11 is 0. The molecule has 2 aliphatic heterocycles. The van der Waals surface area contributed by atoms with Crippen molar-refractivity contribution in [3.63, 3.8) is 0 Å². The third-order valence-electron chi connectivity index (χ3n) is 6.48. The second-order valence-electron chi connectivity index (χ2n) is 7.98. The molecular formula is C18H32N2O2. The molecule has 0 N–H and O–H groups in total. The SMILES string of the molecule is C=C1CN2CC(C3CC3(CCOC)N(C)C)C[C@@]2(COC)C1. The summed E-state index contributed by atoms with van der Waals surface area (Å²) in [5, 5.41) is 0. The molecule has 0 amide bonds. The third-order valence-corrected chi connectivity index (χ3v) is 6.48. The predicted molar refractivity (Wildman–Crippen MR) is 89.1 cm³/mol. The number of hydrogen-bond donors (Lipinski definition) is 0. The lowest BCUT2D eigenvalue weighted by Crippen LogP contribution is -2.42. The molecule has 3 unspecified atom stereocenters. The van der Waals surface area contributed by atoms with Crippen molar-refractivity contribution in [2.45, 2.75) is 36.8 Å². The number of nitrogens with zero attached hydrogens (tertiary/aromatic N) is 2. The molecule has 1 saturated carbocycles. The number of hydrogen-bond acceptors (Lipinski definition) is 4. The molecule has 0 aromatic heterocycles. The standard InChI is InChI=1S/C18H32N2O2/c1-14-8-17(13-22-5)9-15(12-20(17)11-14)16-10-18(16,19(2)3)6-7-21-4/h15-16H,1,6-13H2,2-5H3/t15?,16?,17-,18?/m1/s1. The summed E-state index contributed by atoms with van der Waals surface area (Å²) in [7, 11) is 8.11. The second-order valence-corrected chi connectivity index (χ2v) is 7.98. The van der Waals surface area contributed by atoms with Crippen LogP contribution in [0.2, 0.25) is 0 Å².